The number of hydrogen-bond donors (Lipinski definition) is 1. The molecule has 1 amide bonds. The maximum atomic E-state index is 11.3. The Morgan fingerprint density at radius 3 is 2.57 bits per heavy atom. The molecule has 21 heavy (non-hydrogen) atoms. The summed E-state index contributed by atoms with van der Waals surface area (Å²) < 4.78 is 5.76. The molecule has 0 spiro atoms. The van der Waals surface area contributed by atoms with E-state index in [-0.39, 0.29) is 5.91 Å². The first-order valence-corrected chi connectivity index (χ1v) is 6.85. The number of amides is 1. The smallest absolute Gasteiger partial charge is 0.243 e. The van der Waals surface area contributed by atoms with E-state index in [1.165, 1.54) is 7.11 Å². The Morgan fingerprint density at radius 2 is 1.81 bits per heavy atom. The summed E-state index contributed by atoms with van der Waals surface area (Å²) >= 11 is 0. The van der Waals surface area contributed by atoms with E-state index in [2.05, 4.69) is 10.3 Å². The van der Waals surface area contributed by atoms with Gasteiger partial charge in [0.1, 0.15) is 12.4 Å². The van der Waals surface area contributed by atoms with Gasteiger partial charge in [0.2, 0.25) is 5.91 Å². The van der Waals surface area contributed by atoms with Crippen molar-refractivity contribution in [1.82, 2.24) is 5.48 Å². The molecular formula is C17H19NO3. The molecule has 1 N–H and O–H groups in total. The fourth-order valence-corrected chi connectivity index (χ4v) is 1.95. The zero-order chi connectivity index (χ0) is 14.9. The molecule has 110 valence electrons. The second-order valence-electron chi connectivity index (χ2n) is 4.65. The van der Waals surface area contributed by atoms with Crippen molar-refractivity contribution in [1.29, 1.82) is 0 Å². The zero-order valence-corrected chi connectivity index (χ0v) is 12.0. The van der Waals surface area contributed by atoms with Gasteiger partial charge in [0.05, 0.1) is 7.11 Å². The first kappa shape index (κ1) is 15.1. The van der Waals surface area contributed by atoms with Crippen LogP contribution in [0.5, 0.6) is 5.75 Å². The zero-order valence-electron chi connectivity index (χ0n) is 12.0. The summed E-state index contributed by atoms with van der Waals surface area (Å²) in [5.41, 5.74) is 4.50. The maximum Gasteiger partial charge on any atom is 0.243 e. The van der Waals surface area contributed by atoms with E-state index in [1.54, 1.807) is 0 Å². The molecule has 0 aliphatic heterocycles. The number of nitrogens with one attached hydrogen (secondary N) is 1. The topological polar surface area (TPSA) is 47.6 Å². The summed E-state index contributed by atoms with van der Waals surface area (Å²) in [5.74, 6) is 0.677. The monoisotopic (exact) mass is 285 g/mol. The van der Waals surface area contributed by atoms with E-state index in [9.17, 15) is 4.79 Å². The fraction of sp³-hybridized carbons (Fsp3) is 0.235. The highest BCUT2D eigenvalue weighted by Crippen LogP contribution is 2.16. The van der Waals surface area contributed by atoms with Crippen LogP contribution in [0.25, 0.3) is 0 Å². The predicted molar refractivity (Wildman–Crippen MR) is 80.7 cm³/mol. The van der Waals surface area contributed by atoms with Gasteiger partial charge in [0.15, 0.2) is 0 Å². The second-order valence-corrected chi connectivity index (χ2v) is 4.65. The number of carbonyl (C=O) groups excluding carboxylic acids is 1. The molecule has 0 atom stereocenters. The number of benzene rings is 2. The van der Waals surface area contributed by atoms with E-state index in [0.717, 1.165) is 16.9 Å². The van der Waals surface area contributed by atoms with Gasteiger partial charge >= 0.3 is 0 Å². The van der Waals surface area contributed by atoms with Crippen molar-refractivity contribution in [2.75, 3.05) is 7.11 Å². The summed E-state index contributed by atoms with van der Waals surface area (Å²) in [6.07, 6.45) is 1.04. The normalized spacial score (nSPS) is 10.1. The number of ether oxygens (including phenoxy) is 1. The third-order valence-corrected chi connectivity index (χ3v) is 3.00. The molecule has 2 rings (SSSR count). The lowest BCUT2D eigenvalue weighted by Gasteiger charge is -2.08. The van der Waals surface area contributed by atoms with Gasteiger partial charge in [-0.3, -0.25) is 9.63 Å². The van der Waals surface area contributed by atoms with Gasteiger partial charge in [-0.15, -0.1) is 0 Å². The molecule has 2 aromatic rings. The second kappa shape index (κ2) is 8.07. The Kier molecular flexibility index (Phi) is 5.79. The molecule has 0 bridgehead atoms. The van der Waals surface area contributed by atoms with Crippen molar-refractivity contribution in [2.24, 2.45) is 0 Å². The summed E-state index contributed by atoms with van der Waals surface area (Å²) in [5, 5.41) is 0. The SMILES string of the molecule is CONC(=O)CCc1cccc(OCc2ccccc2)c1. The van der Waals surface area contributed by atoms with E-state index in [1.807, 2.05) is 54.6 Å². The van der Waals surface area contributed by atoms with Crippen molar-refractivity contribution in [2.45, 2.75) is 19.4 Å². The molecule has 0 heterocycles. The van der Waals surface area contributed by atoms with Crippen LogP contribution in [0, 0.1) is 0 Å². The van der Waals surface area contributed by atoms with Crippen LogP contribution in [-0.2, 0) is 22.7 Å². The van der Waals surface area contributed by atoms with Crippen LogP contribution >= 0.6 is 0 Å². The van der Waals surface area contributed by atoms with Gasteiger partial charge < -0.3 is 4.74 Å². The Labute approximate surface area is 124 Å². The molecule has 0 saturated heterocycles. The van der Waals surface area contributed by atoms with Gasteiger partial charge in [-0.25, -0.2) is 5.48 Å². The molecule has 0 aromatic heterocycles. The van der Waals surface area contributed by atoms with Crippen molar-refractivity contribution >= 4 is 5.91 Å². The van der Waals surface area contributed by atoms with Crippen LogP contribution in [0.3, 0.4) is 0 Å². The van der Waals surface area contributed by atoms with Crippen LogP contribution in [0.15, 0.2) is 54.6 Å². The van der Waals surface area contributed by atoms with Crippen LogP contribution in [0.1, 0.15) is 17.5 Å². The third kappa shape index (κ3) is 5.28. The quantitative estimate of drug-likeness (QED) is 0.796. The molecule has 4 nitrogen and oxygen atoms in total. The predicted octanol–water partition coefficient (Wildman–Crippen LogP) is 2.88. The average molecular weight is 285 g/mol. The number of aryl methyl sites for hydroxylation is 1. The Morgan fingerprint density at radius 1 is 1.05 bits per heavy atom. The molecule has 0 aliphatic carbocycles. The Balaban J connectivity index is 1.87. The Bertz CT molecular complexity index is 569. The minimum atomic E-state index is -0.131. The highest BCUT2D eigenvalue weighted by atomic mass is 16.6. The number of hydrogen-bond acceptors (Lipinski definition) is 3. The minimum absolute atomic E-state index is 0.131. The molecule has 2 aromatic carbocycles. The maximum absolute atomic E-state index is 11.3. The lowest BCUT2D eigenvalue weighted by atomic mass is 10.1. The van der Waals surface area contributed by atoms with E-state index in [4.69, 9.17) is 4.74 Å². The molecule has 0 radical (unpaired) electrons. The lowest BCUT2D eigenvalue weighted by molar-refractivity contribution is -0.131. The highest BCUT2D eigenvalue weighted by Gasteiger charge is 2.03. The summed E-state index contributed by atoms with van der Waals surface area (Å²) in [6.45, 7) is 0.536. The first-order valence-electron chi connectivity index (χ1n) is 6.85. The van der Waals surface area contributed by atoms with E-state index >= 15 is 0 Å². The van der Waals surface area contributed by atoms with Crippen molar-refractivity contribution in [3.63, 3.8) is 0 Å². The molecule has 0 unspecified atom stereocenters. The summed E-state index contributed by atoms with van der Waals surface area (Å²) in [7, 11) is 1.43. The van der Waals surface area contributed by atoms with Crippen molar-refractivity contribution in [3.8, 4) is 5.75 Å². The summed E-state index contributed by atoms with van der Waals surface area (Å²) in [6, 6.07) is 17.8. The highest BCUT2D eigenvalue weighted by molar-refractivity contribution is 5.75. The van der Waals surface area contributed by atoms with Gasteiger partial charge in [-0.2, -0.15) is 0 Å². The molecular weight excluding hydrogens is 266 g/mol. The van der Waals surface area contributed by atoms with Crippen molar-refractivity contribution in [3.05, 3.63) is 65.7 Å². The molecule has 4 heteroatoms. The van der Waals surface area contributed by atoms with Gasteiger partial charge in [0, 0.05) is 6.42 Å². The van der Waals surface area contributed by atoms with Crippen LogP contribution in [0.2, 0.25) is 0 Å². The number of rotatable bonds is 7. The van der Waals surface area contributed by atoms with Crippen LogP contribution in [-0.4, -0.2) is 13.0 Å². The third-order valence-electron chi connectivity index (χ3n) is 3.00. The van der Waals surface area contributed by atoms with Gasteiger partial charge in [-0.05, 0) is 29.7 Å². The molecule has 0 fully saturated rings. The largest absolute Gasteiger partial charge is 0.489 e. The Hall–Kier alpha value is -2.33. The lowest BCUT2D eigenvalue weighted by Crippen LogP contribution is -2.21. The van der Waals surface area contributed by atoms with E-state index < -0.39 is 0 Å². The van der Waals surface area contributed by atoms with Crippen LogP contribution < -0.4 is 10.2 Å². The number of hydroxylamine groups is 1. The standard InChI is InChI=1S/C17H19NO3/c1-20-18-17(19)11-10-14-8-5-9-16(12-14)21-13-15-6-3-2-4-7-15/h2-9,12H,10-11,13H2,1H3,(H,18,19). The van der Waals surface area contributed by atoms with Crippen molar-refractivity contribution < 1.29 is 14.4 Å². The summed E-state index contributed by atoms with van der Waals surface area (Å²) in [4.78, 5) is 15.9. The van der Waals surface area contributed by atoms with Gasteiger partial charge in [-0.1, -0.05) is 42.5 Å². The van der Waals surface area contributed by atoms with E-state index in [0.29, 0.717) is 19.4 Å². The molecule has 0 saturated carbocycles. The first-order chi connectivity index (χ1) is 10.3. The van der Waals surface area contributed by atoms with Gasteiger partial charge in [0.25, 0.3) is 0 Å². The fourth-order valence-electron chi connectivity index (χ4n) is 1.95. The number of carbonyl (C=O) groups is 1. The average Bonchev–Trinajstić information content (AvgIpc) is 2.53. The molecule has 0 aliphatic rings. The minimum Gasteiger partial charge on any atom is -0.489 e. The van der Waals surface area contributed by atoms with Crippen LogP contribution in [0.4, 0.5) is 0 Å².